The highest BCUT2D eigenvalue weighted by Gasteiger charge is 2.33. The maximum absolute atomic E-state index is 5.65. The molecule has 2 rings (SSSR count). The van der Waals surface area contributed by atoms with Gasteiger partial charge >= 0.3 is 0 Å². The molecular formula is C13H26N2O. The number of ether oxygens (including phenoxy) is 1. The molecule has 0 bridgehead atoms. The zero-order valence-electron chi connectivity index (χ0n) is 11.0. The van der Waals surface area contributed by atoms with Crippen LogP contribution in [0.3, 0.4) is 0 Å². The Labute approximate surface area is 99.5 Å². The van der Waals surface area contributed by atoms with Crippen LogP contribution in [-0.4, -0.2) is 49.3 Å². The number of piperidine rings is 1. The maximum atomic E-state index is 5.65. The summed E-state index contributed by atoms with van der Waals surface area (Å²) in [5.74, 6) is 0. The molecular weight excluding hydrogens is 200 g/mol. The molecule has 16 heavy (non-hydrogen) atoms. The standard InChI is InChI=1S/C13H26N2O/c1-11-12(6-9-16-11)15(3)10-13(2)7-4-5-8-14-13/h11-12,14H,4-10H2,1-3H3. The monoisotopic (exact) mass is 226 g/mol. The van der Waals surface area contributed by atoms with E-state index in [1.54, 1.807) is 0 Å². The molecule has 3 nitrogen and oxygen atoms in total. The average Bonchev–Trinajstić information content (AvgIpc) is 2.65. The Balaban J connectivity index is 1.87. The minimum atomic E-state index is 0.315. The molecule has 3 heteroatoms. The van der Waals surface area contributed by atoms with E-state index < -0.39 is 0 Å². The highest BCUT2D eigenvalue weighted by molar-refractivity contribution is 4.92. The van der Waals surface area contributed by atoms with Gasteiger partial charge < -0.3 is 10.1 Å². The number of rotatable bonds is 3. The molecule has 0 aromatic carbocycles. The van der Waals surface area contributed by atoms with Crippen LogP contribution < -0.4 is 5.32 Å². The predicted molar refractivity (Wildman–Crippen MR) is 66.7 cm³/mol. The van der Waals surface area contributed by atoms with E-state index in [0.29, 0.717) is 17.7 Å². The van der Waals surface area contributed by atoms with Crippen molar-refractivity contribution in [3.8, 4) is 0 Å². The molecule has 0 saturated carbocycles. The van der Waals surface area contributed by atoms with E-state index in [4.69, 9.17) is 4.74 Å². The first-order chi connectivity index (χ1) is 7.61. The van der Waals surface area contributed by atoms with Crippen molar-refractivity contribution in [1.82, 2.24) is 10.2 Å². The van der Waals surface area contributed by atoms with Crippen molar-refractivity contribution in [1.29, 1.82) is 0 Å². The molecule has 3 atom stereocenters. The van der Waals surface area contributed by atoms with Gasteiger partial charge in [0.15, 0.2) is 0 Å². The van der Waals surface area contributed by atoms with Crippen molar-refractivity contribution in [3.05, 3.63) is 0 Å². The van der Waals surface area contributed by atoms with Gasteiger partial charge in [0.25, 0.3) is 0 Å². The van der Waals surface area contributed by atoms with Gasteiger partial charge in [0.05, 0.1) is 6.10 Å². The third kappa shape index (κ3) is 2.76. The molecule has 0 aromatic heterocycles. The first-order valence-electron chi connectivity index (χ1n) is 6.68. The molecule has 2 saturated heterocycles. The third-order valence-electron chi connectivity index (χ3n) is 4.21. The van der Waals surface area contributed by atoms with Crippen LogP contribution in [-0.2, 0) is 4.74 Å². The summed E-state index contributed by atoms with van der Waals surface area (Å²) in [7, 11) is 2.25. The van der Waals surface area contributed by atoms with Crippen molar-refractivity contribution in [2.45, 2.75) is 57.2 Å². The number of nitrogens with zero attached hydrogens (tertiary/aromatic N) is 1. The van der Waals surface area contributed by atoms with E-state index in [-0.39, 0.29) is 0 Å². The van der Waals surface area contributed by atoms with Crippen LogP contribution in [0.1, 0.15) is 39.5 Å². The smallest absolute Gasteiger partial charge is 0.0702 e. The molecule has 2 aliphatic rings. The second-order valence-electron chi connectivity index (χ2n) is 5.79. The SMILES string of the molecule is CC1OCCC1N(C)CC1(C)CCCCN1. The Morgan fingerprint density at radius 2 is 2.25 bits per heavy atom. The van der Waals surface area contributed by atoms with Crippen LogP contribution in [0.5, 0.6) is 0 Å². The third-order valence-corrected chi connectivity index (χ3v) is 4.21. The van der Waals surface area contributed by atoms with Crippen LogP contribution in [0.15, 0.2) is 0 Å². The Morgan fingerprint density at radius 3 is 2.81 bits per heavy atom. The van der Waals surface area contributed by atoms with Crippen molar-refractivity contribution in [3.63, 3.8) is 0 Å². The summed E-state index contributed by atoms with van der Waals surface area (Å²) in [6, 6.07) is 0.612. The van der Waals surface area contributed by atoms with Gasteiger partial charge in [-0.05, 0) is 46.7 Å². The largest absolute Gasteiger partial charge is 0.377 e. The molecule has 0 aliphatic carbocycles. The van der Waals surface area contributed by atoms with Gasteiger partial charge in [-0.25, -0.2) is 0 Å². The molecule has 2 fully saturated rings. The van der Waals surface area contributed by atoms with E-state index in [2.05, 4.69) is 31.1 Å². The topological polar surface area (TPSA) is 24.5 Å². The van der Waals surface area contributed by atoms with Gasteiger partial charge in [-0.2, -0.15) is 0 Å². The molecule has 0 radical (unpaired) electrons. The van der Waals surface area contributed by atoms with Crippen LogP contribution >= 0.6 is 0 Å². The summed E-state index contributed by atoms with van der Waals surface area (Å²) in [6.45, 7) is 7.82. The van der Waals surface area contributed by atoms with E-state index >= 15 is 0 Å². The Hall–Kier alpha value is -0.120. The molecule has 0 amide bonds. The quantitative estimate of drug-likeness (QED) is 0.791. The summed E-state index contributed by atoms with van der Waals surface area (Å²) in [5, 5.41) is 3.68. The number of nitrogens with one attached hydrogen (secondary N) is 1. The van der Waals surface area contributed by atoms with Crippen LogP contribution in [0.4, 0.5) is 0 Å². The fourth-order valence-electron chi connectivity index (χ4n) is 3.22. The van der Waals surface area contributed by atoms with Gasteiger partial charge in [-0.1, -0.05) is 6.42 Å². The lowest BCUT2D eigenvalue weighted by Gasteiger charge is -2.40. The van der Waals surface area contributed by atoms with Crippen molar-refractivity contribution >= 4 is 0 Å². The highest BCUT2D eigenvalue weighted by Crippen LogP contribution is 2.24. The molecule has 3 unspecified atom stereocenters. The van der Waals surface area contributed by atoms with Crippen molar-refractivity contribution in [2.75, 3.05) is 26.7 Å². The van der Waals surface area contributed by atoms with E-state index in [9.17, 15) is 0 Å². The molecule has 94 valence electrons. The summed E-state index contributed by atoms with van der Waals surface area (Å²) in [6.07, 6.45) is 5.60. The molecule has 1 N–H and O–H groups in total. The minimum Gasteiger partial charge on any atom is -0.377 e. The molecule has 2 aliphatic heterocycles. The Kier molecular flexibility index (Phi) is 3.88. The number of hydrogen-bond acceptors (Lipinski definition) is 3. The Bertz CT molecular complexity index is 226. The Morgan fingerprint density at radius 1 is 1.44 bits per heavy atom. The van der Waals surface area contributed by atoms with Gasteiger partial charge in [0.1, 0.15) is 0 Å². The fourth-order valence-corrected chi connectivity index (χ4v) is 3.22. The predicted octanol–water partition coefficient (Wildman–Crippen LogP) is 1.63. The summed E-state index contributed by atoms with van der Waals surface area (Å²) < 4.78 is 5.65. The lowest BCUT2D eigenvalue weighted by atomic mass is 9.90. The summed E-state index contributed by atoms with van der Waals surface area (Å²) >= 11 is 0. The molecule has 2 heterocycles. The molecule has 0 aromatic rings. The second kappa shape index (κ2) is 5.03. The first kappa shape index (κ1) is 12.3. The normalized spacial score (nSPS) is 40.5. The lowest BCUT2D eigenvalue weighted by Crippen LogP contribution is -2.55. The average molecular weight is 226 g/mol. The van der Waals surface area contributed by atoms with Gasteiger partial charge in [-0.3, -0.25) is 4.90 Å². The van der Waals surface area contributed by atoms with Crippen molar-refractivity contribution in [2.24, 2.45) is 0 Å². The number of likely N-dealkylation sites (N-methyl/N-ethyl adjacent to an activating group) is 1. The first-order valence-corrected chi connectivity index (χ1v) is 6.68. The van der Waals surface area contributed by atoms with Crippen molar-refractivity contribution < 1.29 is 4.74 Å². The summed E-state index contributed by atoms with van der Waals surface area (Å²) in [4.78, 5) is 2.50. The number of hydrogen-bond donors (Lipinski definition) is 1. The van der Waals surface area contributed by atoms with Gasteiger partial charge in [-0.15, -0.1) is 0 Å². The summed E-state index contributed by atoms with van der Waals surface area (Å²) in [5.41, 5.74) is 0.315. The maximum Gasteiger partial charge on any atom is 0.0702 e. The van der Waals surface area contributed by atoms with E-state index in [1.807, 2.05) is 0 Å². The fraction of sp³-hybridized carbons (Fsp3) is 1.00. The zero-order chi connectivity index (χ0) is 11.6. The second-order valence-corrected chi connectivity index (χ2v) is 5.79. The van der Waals surface area contributed by atoms with E-state index in [1.165, 1.54) is 32.2 Å². The van der Waals surface area contributed by atoms with Crippen LogP contribution in [0.25, 0.3) is 0 Å². The van der Waals surface area contributed by atoms with Crippen LogP contribution in [0, 0.1) is 0 Å². The zero-order valence-corrected chi connectivity index (χ0v) is 11.0. The minimum absolute atomic E-state index is 0.315. The lowest BCUT2D eigenvalue weighted by molar-refractivity contribution is 0.0693. The van der Waals surface area contributed by atoms with E-state index in [0.717, 1.165) is 13.2 Å². The van der Waals surface area contributed by atoms with Gasteiger partial charge in [0.2, 0.25) is 0 Å². The highest BCUT2D eigenvalue weighted by atomic mass is 16.5. The van der Waals surface area contributed by atoms with Crippen LogP contribution in [0.2, 0.25) is 0 Å². The molecule has 0 spiro atoms. The van der Waals surface area contributed by atoms with Gasteiger partial charge in [0, 0.05) is 24.7 Å².